The molecule has 1 atom stereocenters. The molecule has 1 aromatic heterocycles. The molecular formula is C21H19NO6. The average Bonchev–Trinajstić information content (AvgIpc) is 2.98. The van der Waals surface area contributed by atoms with Crippen LogP contribution in [0.2, 0.25) is 0 Å². The van der Waals surface area contributed by atoms with E-state index in [9.17, 15) is 9.59 Å². The van der Waals surface area contributed by atoms with Crippen molar-refractivity contribution < 1.29 is 23.4 Å². The molecule has 1 aliphatic rings. The predicted octanol–water partition coefficient (Wildman–Crippen LogP) is 2.99. The largest absolute Gasteiger partial charge is 0.493 e. The highest BCUT2D eigenvalue weighted by Crippen LogP contribution is 2.44. The van der Waals surface area contributed by atoms with Gasteiger partial charge in [-0.15, -0.1) is 0 Å². The molecule has 4 rings (SSSR count). The van der Waals surface area contributed by atoms with E-state index in [1.54, 1.807) is 43.4 Å². The number of ether oxygens (including phenoxy) is 3. The van der Waals surface area contributed by atoms with Gasteiger partial charge in [-0.05, 0) is 29.8 Å². The molecule has 0 spiro atoms. The topological polar surface area (TPSA) is 78.2 Å². The van der Waals surface area contributed by atoms with Crippen molar-refractivity contribution in [2.45, 2.75) is 6.04 Å². The average molecular weight is 381 g/mol. The number of rotatable bonds is 4. The third-order valence-electron chi connectivity index (χ3n) is 5.01. The lowest BCUT2D eigenvalue weighted by atomic mass is 9.98. The van der Waals surface area contributed by atoms with Gasteiger partial charge in [0.05, 0.1) is 38.3 Å². The van der Waals surface area contributed by atoms with Gasteiger partial charge in [0.25, 0.3) is 5.91 Å². The van der Waals surface area contributed by atoms with Crippen molar-refractivity contribution in [3.63, 3.8) is 0 Å². The summed E-state index contributed by atoms with van der Waals surface area (Å²) in [6.45, 7) is 0. The lowest BCUT2D eigenvalue weighted by Crippen LogP contribution is -2.25. The smallest absolute Gasteiger partial charge is 0.290 e. The van der Waals surface area contributed by atoms with Crippen LogP contribution in [-0.2, 0) is 0 Å². The van der Waals surface area contributed by atoms with Crippen LogP contribution in [-0.4, -0.2) is 39.2 Å². The SMILES string of the molecule is COc1cc([C@H]2c3c(oc4ccccc4c3=O)C(=O)N2C)cc(OC)c1OC. The quantitative estimate of drug-likeness (QED) is 0.691. The normalized spacial score (nSPS) is 15.6. The molecule has 7 heteroatoms. The fourth-order valence-corrected chi connectivity index (χ4v) is 3.68. The van der Waals surface area contributed by atoms with Crippen LogP contribution < -0.4 is 19.6 Å². The standard InChI is InChI=1S/C21H19NO6/c1-22-17(11-9-14(25-2)19(27-4)15(10-11)26-3)16-18(23)12-7-5-6-8-13(12)28-20(16)21(22)24/h5-10,17H,1-4H3/t17-/m0/s1. The first-order chi connectivity index (χ1) is 13.5. The number of hydrogen-bond acceptors (Lipinski definition) is 6. The maximum Gasteiger partial charge on any atom is 0.290 e. The first-order valence-corrected chi connectivity index (χ1v) is 8.64. The van der Waals surface area contributed by atoms with Gasteiger partial charge in [-0.25, -0.2) is 0 Å². The fraction of sp³-hybridized carbons (Fsp3) is 0.238. The summed E-state index contributed by atoms with van der Waals surface area (Å²) in [5.41, 5.74) is 1.12. The summed E-state index contributed by atoms with van der Waals surface area (Å²) in [5, 5.41) is 0.432. The highest BCUT2D eigenvalue weighted by atomic mass is 16.5. The van der Waals surface area contributed by atoms with Gasteiger partial charge in [0.1, 0.15) is 5.58 Å². The third kappa shape index (κ3) is 2.43. The van der Waals surface area contributed by atoms with E-state index in [0.717, 1.165) is 0 Å². The number of carbonyl (C=O) groups excluding carboxylic acids is 1. The predicted molar refractivity (Wildman–Crippen MR) is 103 cm³/mol. The molecule has 0 aliphatic carbocycles. The van der Waals surface area contributed by atoms with Crippen LogP contribution in [0.4, 0.5) is 0 Å². The molecule has 2 heterocycles. The lowest BCUT2D eigenvalue weighted by Gasteiger charge is -2.22. The Morgan fingerprint density at radius 3 is 2.21 bits per heavy atom. The van der Waals surface area contributed by atoms with Crippen LogP contribution in [0.25, 0.3) is 11.0 Å². The molecule has 3 aromatic rings. The zero-order valence-corrected chi connectivity index (χ0v) is 15.9. The Morgan fingerprint density at radius 2 is 1.61 bits per heavy atom. The van der Waals surface area contributed by atoms with E-state index >= 15 is 0 Å². The maximum absolute atomic E-state index is 13.2. The summed E-state index contributed by atoms with van der Waals surface area (Å²) < 4.78 is 22.0. The zero-order valence-electron chi connectivity index (χ0n) is 15.9. The number of amides is 1. The molecule has 28 heavy (non-hydrogen) atoms. The molecule has 7 nitrogen and oxygen atoms in total. The van der Waals surface area contributed by atoms with Gasteiger partial charge in [-0.2, -0.15) is 0 Å². The van der Waals surface area contributed by atoms with Crippen molar-refractivity contribution in [3.8, 4) is 17.2 Å². The number of nitrogens with zero attached hydrogens (tertiary/aromatic N) is 1. The van der Waals surface area contributed by atoms with Crippen LogP contribution in [0.5, 0.6) is 17.2 Å². The number of hydrogen-bond donors (Lipinski definition) is 0. The number of carbonyl (C=O) groups is 1. The minimum Gasteiger partial charge on any atom is -0.493 e. The first-order valence-electron chi connectivity index (χ1n) is 8.64. The molecule has 0 saturated carbocycles. The summed E-state index contributed by atoms with van der Waals surface area (Å²) in [6.07, 6.45) is 0. The zero-order chi connectivity index (χ0) is 20.0. The Labute approximate surface area is 161 Å². The molecule has 1 amide bonds. The first kappa shape index (κ1) is 17.9. The highest BCUT2D eigenvalue weighted by Gasteiger charge is 2.41. The Bertz CT molecular complexity index is 1120. The van der Waals surface area contributed by atoms with Crippen LogP contribution in [0.3, 0.4) is 0 Å². The van der Waals surface area contributed by atoms with Crippen molar-refractivity contribution in [2.75, 3.05) is 28.4 Å². The van der Waals surface area contributed by atoms with Gasteiger partial charge in [-0.3, -0.25) is 9.59 Å². The van der Waals surface area contributed by atoms with Crippen molar-refractivity contribution in [1.82, 2.24) is 4.90 Å². The highest BCUT2D eigenvalue weighted by molar-refractivity contribution is 5.98. The van der Waals surface area contributed by atoms with E-state index < -0.39 is 6.04 Å². The molecule has 2 aromatic carbocycles. The van der Waals surface area contributed by atoms with Gasteiger partial charge in [0.15, 0.2) is 16.9 Å². The Balaban J connectivity index is 2.00. The summed E-state index contributed by atoms with van der Waals surface area (Å²) in [4.78, 5) is 27.5. The molecule has 0 saturated heterocycles. The molecule has 0 bridgehead atoms. The molecule has 0 N–H and O–H groups in total. The number of benzene rings is 2. The summed E-state index contributed by atoms with van der Waals surface area (Å²) in [6, 6.07) is 9.74. The van der Waals surface area contributed by atoms with Crippen molar-refractivity contribution in [2.24, 2.45) is 0 Å². The van der Waals surface area contributed by atoms with Gasteiger partial charge in [-0.1, -0.05) is 12.1 Å². The van der Waals surface area contributed by atoms with E-state index in [4.69, 9.17) is 18.6 Å². The maximum atomic E-state index is 13.2. The summed E-state index contributed by atoms with van der Waals surface area (Å²) >= 11 is 0. The van der Waals surface area contributed by atoms with Crippen LogP contribution in [0, 0.1) is 0 Å². The van der Waals surface area contributed by atoms with E-state index in [1.807, 2.05) is 0 Å². The van der Waals surface area contributed by atoms with Crippen molar-refractivity contribution in [3.05, 3.63) is 63.5 Å². The van der Waals surface area contributed by atoms with Crippen LogP contribution in [0.1, 0.15) is 27.7 Å². The molecule has 1 aliphatic heterocycles. The van der Waals surface area contributed by atoms with Gasteiger partial charge in [0.2, 0.25) is 11.5 Å². The Morgan fingerprint density at radius 1 is 0.964 bits per heavy atom. The second-order valence-electron chi connectivity index (χ2n) is 6.45. The number of methoxy groups -OCH3 is 3. The molecule has 0 fully saturated rings. The second kappa shape index (κ2) is 6.60. The van der Waals surface area contributed by atoms with Gasteiger partial charge >= 0.3 is 0 Å². The number of fused-ring (bicyclic) bond motifs is 2. The summed E-state index contributed by atoms with van der Waals surface area (Å²) in [5.74, 6) is 1.03. The van der Waals surface area contributed by atoms with Gasteiger partial charge < -0.3 is 23.5 Å². The second-order valence-corrected chi connectivity index (χ2v) is 6.45. The fourth-order valence-electron chi connectivity index (χ4n) is 3.68. The Hall–Kier alpha value is -3.48. The van der Waals surface area contributed by atoms with E-state index in [1.165, 1.54) is 26.2 Å². The van der Waals surface area contributed by atoms with E-state index in [2.05, 4.69) is 0 Å². The Kier molecular flexibility index (Phi) is 4.22. The minimum absolute atomic E-state index is 0.0601. The lowest BCUT2D eigenvalue weighted by molar-refractivity contribution is 0.0771. The van der Waals surface area contributed by atoms with Crippen molar-refractivity contribution in [1.29, 1.82) is 0 Å². The third-order valence-corrected chi connectivity index (χ3v) is 5.01. The monoisotopic (exact) mass is 381 g/mol. The van der Waals surface area contributed by atoms with Crippen LogP contribution in [0.15, 0.2) is 45.6 Å². The van der Waals surface area contributed by atoms with E-state index in [0.29, 0.717) is 39.3 Å². The molecular weight excluding hydrogens is 362 g/mol. The molecule has 144 valence electrons. The molecule has 0 radical (unpaired) electrons. The van der Waals surface area contributed by atoms with Crippen molar-refractivity contribution >= 4 is 16.9 Å². The summed E-state index contributed by atoms with van der Waals surface area (Å²) in [7, 11) is 6.18. The molecule has 0 unspecified atom stereocenters. The van der Waals surface area contributed by atoms with Gasteiger partial charge in [0, 0.05) is 7.05 Å². The van der Waals surface area contributed by atoms with Crippen LogP contribution >= 0.6 is 0 Å². The minimum atomic E-state index is -0.628. The van der Waals surface area contributed by atoms with E-state index in [-0.39, 0.29) is 17.1 Å². The number of para-hydroxylation sites is 1.